The molecule has 0 bridgehead atoms. The van der Waals surface area contributed by atoms with Crippen LogP contribution in [0.3, 0.4) is 0 Å². The third kappa shape index (κ3) is 3.83. The highest BCUT2D eigenvalue weighted by atomic mass is 16.2. The molecule has 2 rings (SSSR count). The summed E-state index contributed by atoms with van der Waals surface area (Å²) >= 11 is 0. The van der Waals surface area contributed by atoms with Crippen molar-refractivity contribution in [3.8, 4) is 0 Å². The molecular weight excluding hydrogens is 252 g/mol. The van der Waals surface area contributed by atoms with E-state index in [1.165, 1.54) is 6.42 Å². The van der Waals surface area contributed by atoms with Crippen LogP contribution in [0.5, 0.6) is 0 Å². The van der Waals surface area contributed by atoms with E-state index in [2.05, 4.69) is 5.32 Å². The van der Waals surface area contributed by atoms with E-state index in [-0.39, 0.29) is 11.8 Å². The molecule has 1 aliphatic rings. The van der Waals surface area contributed by atoms with Crippen LogP contribution in [0.15, 0.2) is 24.3 Å². The smallest absolute Gasteiger partial charge is 0.253 e. The number of carbonyl (C=O) groups excluding carboxylic acids is 2. The number of carbonyl (C=O) groups is 2. The normalized spacial score (nSPS) is 14.9. The van der Waals surface area contributed by atoms with Crippen molar-refractivity contribution in [1.29, 1.82) is 0 Å². The predicted molar refractivity (Wildman–Crippen MR) is 78.3 cm³/mol. The van der Waals surface area contributed by atoms with Gasteiger partial charge in [-0.1, -0.05) is 19.1 Å². The number of rotatable bonds is 4. The first-order valence-electron chi connectivity index (χ1n) is 7.35. The molecule has 1 fully saturated rings. The van der Waals surface area contributed by atoms with Gasteiger partial charge in [-0.15, -0.1) is 0 Å². The van der Waals surface area contributed by atoms with Crippen molar-refractivity contribution < 1.29 is 9.59 Å². The molecule has 1 saturated heterocycles. The Morgan fingerprint density at radius 1 is 1.10 bits per heavy atom. The standard InChI is InChI=1S/C16H22N2O2/c1-2-15(19)17-12-13-6-8-14(9-7-13)16(20)18-10-4-3-5-11-18/h6-9H,2-5,10-12H2,1H3,(H,17,19). The van der Waals surface area contributed by atoms with Crippen LogP contribution in [0.2, 0.25) is 0 Å². The van der Waals surface area contributed by atoms with Crippen LogP contribution in [-0.2, 0) is 11.3 Å². The minimum atomic E-state index is 0.0402. The predicted octanol–water partition coefficient (Wildman–Crippen LogP) is 2.34. The highest BCUT2D eigenvalue weighted by Gasteiger charge is 2.17. The van der Waals surface area contributed by atoms with Crippen LogP contribution in [0.25, 0.3) is 0 Å². The van der Waals surface area contributed by atoms with E-state index in [1.807, 2.05) is 36.1 Å². The van der Waals surface area contributed by atoms with Crippen LogP contribution in [-0.4, -0.2) is 29.8 Å². The van der Waals surface area contributed by atoms with Crippen molar-refractivity contribution in [1.82, 2.24) is 10.2 Å². The van der Waals surface area contributed by atoms with E-state index in [9.17, 15) is 9.59 Å². The van der Waals surface area contributed by atoms with Gasteiger partial charge < -0.3 is 10.2 Å². The first kappa shape index (κ1) is 14.6. The number of nitrogens with zero attached hydrogens (tertiary/aromatic N) is 1. The Morgan fingerprint density at radius 3 is 2.35 bits per heavy atom. The van der Waals surface area contributed by atoms with Crippen LogP contribution < -0.4 is 5.32 Å². The molecule has 0 aromatic heterocycles. The second-order valence-electron chi connectivity index (χ2n) is 5.18. The Morgan fingerprint density at radius 2 is 1.75 bits per heavy atom. The lowest BCUT2D eigenvalue weighted by atomic mass is 10.1. The molecule has 0 unspecified atom stereocenters. The molecule has 1 aromatic rings. The van der Waals surface area contributed by atoms with Gasteiger partial charge in [0.1, 0.15) is 0 Å². The highest BCUT2D eigenvalue weighted by molar-refractivity contribution is 5.94. The molecule has 4 heteroatoms. The van der Waals surface area contributed by atoms with Crippen LogP contribution in [0, 0.1) is 0 Å². The summed E-state index contributed by atoms with van der Waals surface area (Å²) in [5.74, 6) is 0.160. The van der Waals surface area contributed by atoms with Gasteiger partial charge in [0.25, 0.3) is 5.91 Å². The summed E-state index contributed by atoms with van der Waals surface area (Å²) in [6.45, 7) is 4.08. The molecule has 1 aliphatic heterocycles. The molecule has 4 nitrogen and oxygen atoms in total. The number of hydrogen-bond donors (Lipinski definition) is 1. The summed E-state index contributed by atoms with van der Waals surface area (Å²) in [6, 6.07) is 7.52. The fourth-order valence-electron chi connectivity index (χ4n) is 2.37. The molecule has 20 heavy (non-hydrogen) atoms. The molecule has 0 aliphatic carbocycles. The van der Waals surface area contributed by atoms with Gasteiger partial charge in [-0.25, -0.2) is 0 Å². The fraction of sp³-hybridized carbons (Fsp3) is 0.500. The minimum Gasteiger partial charge on any atom is -0.352 e. The lowest BCUT2D eigenvalue weighted by molar-refractivity contribution is -0.120. The molecule has 0 atom stereocenters. The van der Waals surface area contributed by atoms with Gasteiger partial charge in [-0.05, 0) is 37.0 Å². The van der Waals surface area contributed by atoms with Gasteiger partial charge in [0.15, 0.2) is 0 Å². The van der Waals surface area contributed by atoms with E-state index < -0.39 is 0 Å². The topological polar surface area (TPSA) is 49.4 Å². The van der Waals surface area contributed by atoms with Crippen molar-refractivity contribution >= 4 is 11.8 Å². The van der Waals surface area contributed by atoms with Crippen LogP contribution >= 0.6 is 0 Å². The Hall–Kier alpha value is -1.84. The van der Waals surface area contributed by atoms with E-state index in [4.69, 9.17) is 0 Å². The SMILES string of the molecule is CCC(=O)NCc1ccc(C(=O)N2CCCCC2)cc1. The maximum Gasteiger partial charge on any atom is 0.253 e. The number of likely N-dealkylation sites (tertiary alicyclic amines) is 1. The number of benzene rings is 1. The molecule has 1 aromatic carbocycles. The second kappa shape index (κ2) is 7.08. The summed E-state index contributed by atoms with van der Waals surface area (Å²) in [7, 11) is 0. The first-order valence-corrected chi connectivity index (χ1v) is 7.35. The third-order valence-corrected chi connectivity index (χ3v) is 3.65. The quantitative estimate of drug-likeness (QED) is 0.916. The van der Waals surface area contributed by atoms with Gasteiger partial charge in [0.2, 0.25) is 5.91 Å². The lowest BCUT2D eigenvalue weighted by Gasteiger charge is -2.26. The number of hydrogen-bond acceptors (Lipinski definition) is 2. The van der Waals surface area contributed by atoms with E-state index >= 15 is 0 Å². The van der Waals surface area contributed by atoms with E-state index in [0.717, 1.165) is 37.1 Å². The fourth-order valence-corrected chi connectivity index (χ4v) is 2.37. The zero-order chi connectivity index (χ0) is 14.4. The monoisotopic (exact) mass is 274 g/mol. The molecule has 0 saturated carbocycles. The Labute approximate surface area is 120 Å². The maximum atomic E-state index is 12.3. The number of amides is 2. The number of piperidine rings is 1. The lowest BCUT2D eigenvalue weighted by Crippen LogP contribution is -2.35. The molecule has 1 heterocycles. The summed E-state index contributed by atoms with van der Waals surface area (Å²) in [5, 5.41) is 2.83. The zero-order valence-corrected chi connectivity index (χ0v) is 12.0. The highest BCUT2D eigenvalue weighted by Crippen LogP contribution is 2.13. The van der Waals surface area contributed by atoms with Crippen molar-refractivity contribution in [2.24, 2.45) is 0 Å². The average molecular weight is 274 g/mol. The Kier molecular flexibility index (Phi) is 5.16. The van der Waals surface area contributed by atoms with Crippen molar-refractivity contribution in [2.45, 2.75) is 39.2 Å². The summed E-state index contributed by atoms with van der Waals surface area (Å²) in [5.41, 5.74) is 1.75. The molecule has 0 spiro atoms. The Bertz CT molecular complexity index is 462. The van der Waals surface area contributed by atoms with Crippen molar-refractivity contribution in [3.05, 3.63) is 35.4 Å². The molecule has 0 radical (unpaired) electrons. The van der Waals surface area contributed by atoms with E-state index in [0.29, 0.717) is 13.0 Å². The van der Waals surface area contributed by atoms with Gasteiger partial charge in [-0.2, -0.15) is 0 Å². The summed E-state index contributed by atoms with van der Waals surface area (Å²) < 4.78 is 0. The summed E-state index contributed by atoms with van der Waals surface area (Å²) in [6.07, 6.45) is 3.92. The molecule has 108 valence electrons. The van der Waals surface area contributed by atoms with Gasteiger partial charge in [0.05, 0.1) is 0 Å². The maximum absolute atomic E-state index is 12.3. The van der Waals surface area contributed by atoms with Gasteiger partial charge in [0, 0.05) is 31.6 Å². The van der Waals surface area contributed by atoms with Gasteiger partial charge >= 0.3 is 0 Å². The second-order valence-corrected chi connectivity index (χ2v) is 5.18. The van der Waals surface area contributed by atoms with Crippen molar-refractivity contribution in [3.63, 3.8) is 0 Å². The average Bonchev–Trinajstić information content (AvgIpc) is 2.53. The zero-order valence-electron chi connectivity index (χ0n) is 12.0. The van der Waals surface area contributed by atoms with Crippen LogP contribution in [0.1, 0.15) is 48.5 Å². The summed E-state index contributed by atoms with van der Waals surface area (Å²) in [4.78, 5) is 25.4. The molecule has 2 amide bonds. The van der Waals surface area contributed by atoms with Crippen LogP contribution in [0.4, 0.5) is 0 Å². The van der Waals surface area contributed by atoms with Gasteiger partial charge in [-0.3, -0.25) is 9.59 Å². The first-order chi connectivity index (χ1) is 9.70. The number of nitrogens with one attached hydrogen (secondary N) is 1. The van der Waals surface area contributed by atoms with E-state index in [1.54, 1.807) is 0 Å². The largest absolute Gasteiger partial charge is 0.352 e. The third-order valence-electron chi connectivity index (χ3n) is 3.65. The Balaban J connectivity index is 1.93. The minimum absolute atomic E-state index is 0.0402. The molecule has 1 N–H and O–H groups in total. The molecular formula is C16H22N2O2. The van der Waals surface area contributed by atoms with Crippen molar-refractivity contribution in [2.75, 3.05) is 13.1 Å².